The molecule has 2 aromatic rings. The fourth-order valence-corrected chi connectivity index (χ4v) is 4.52. The Morgan fingerprint density at radius 3 is 2.59 bits per heavy atom. The van der Waals surface area contributed by atoms with Crippen LogP contribution in [0, 0.1) is 17.2 Å². The van der Waals surface area contributed by atoms with Gasteiger partial charge in [0.25, 0.3) is 5.91 Å². The summed E-state index contributed by atoms with van der Waals surface area (Å²) in [5.41, 5.74) is 2.18. The van der Waals surface area contributed by atoms with Gasteiger partial charge in [-0.15, -0.1) is 0 Å². The largest absolute Gasteiger partial charge is 0.481 e. The molecule has 1 aliphatic heterocycles. The second-order valence-electron chi connectivity index (χ2n) is 10.5. The first-order valence-corrected chi connectivity index (χ1v) is 12.3. The van der Waals surface area contributed by atoms with E-state index in [2.05, 4.69) is 5.32 Å². The predicted molar refractivity (Wildman–Crippen MR) is 130 cm³/mol. The van der Waals surface area contributed by atoms with Crippen molar-refractivity contribution in [3.05, 3.63) is 65.0 Å². The third-order valence-corrected chi connectivity index (χ3v) is 6.62. The van der Waals surface area contributed by atoms with Crippen LogP contribution in [0.3, 0.4) is 0 Å². The minimum Gasteiger partial charge on any atom is -0.481 e. The Morgan fingerprint density at radius 1 is 1.18 bits per heavy atom. The van der Waals surface area contributed by atoms with Crippen molar-refractivity contribution in [3.63, 3.8) is 0 Å². The van der Waals surface area contributed by atoms with Gasteiger partial charge in [-0.3, -0.25) is 9.59 Å². The highest BCUT2D eigenvalue weighted by molar-refractivity contribution is 5.83. The van der Waals surface area contributed by atoms with Crippen LogP contribution in [0.2, 0.25) is 0 Å². The number of hydrogen-bond acceptors (Lipinski definition) is 3. The number of carbonyl (C=O) groups is 2. The van der Waals surface area contributed by atoms with Crippen molar-refractivity contribution >= 4 is 11.8 Å². The third kappa shape index (κ3) is 5.43. The fraction of sp³-hybridized carbons (Fsp3) is 0.500. The van der Waals surface area contributed by atoms with E-state index in [4.69, 9.17) is 4.74 Å². The second-order valence-corrected chi connectivity index (χ2v) is 10.5. The van der Waals surface area contributed by atoms with E-state index in [0.717, 1.165) is 16.7 Å². The lowest BCUT2D eigenvalue weighted by Crippen LogP contribution is -2.45. The Hall–Kier alpha value is -2.89. The van der Waals surface area contributed by atoms with E-state index < -0.39 is 17.6 Å². The van der Waals surface area contributed by atoms with Gasteiger partial charge in [-0.05, 0) is 72.6 Å². The Labute approximate surface area is 201 Å². The molecule has 4 rings (SSSR count). The van der Waals surface area contributed by atoms with E-state index in [0.29, 0.717) is 37.6 Å². The van der Waals surface area contributed by atoms with Crippen molar-refractivity contribution in [3.8, 4) is 5.75 Å². The molecule has 5 nitrogen and oxygen atoms in total. The van der Waals surface area contributed by atoms with Gasteiger partial charge in [0.2, 0.25) is 5.91 Å². The van der Waals surface area contributed by atoms with Gasteiger partial charge in [0.15, 0.2) is 6.10 Å². The maximum Gasteiger partial charge on any atom is 0.261 e. The van der Waals surface area contributed by atoms with E-state index >= 15 is 0 Å². The molecular weight excluding hydrogens is 431 g/mol. The summed E-state index contributed by atoms with van der Waals surface area (Å²) in [7, 11) is 0. The monoisotopic (exact) mass is 466 g/mol. The molecule has 2 amide bonds. The number of amides is 2. The van der Waals surface area contributed by atoms with Crippen LogP contribution in [0.15, 0.2) is 42.5 Å². The van der Waals surface area contributed by atoms with Crippen molar-refractivity contribution in [1.29, 1.82) is 0 Å². The molecule has 2 aromatic carbocycles. The molecule has 34 heavy (non-hydrogen) atoms. The van der Waals surface area contributed by atoms with Gasteiger partial charge in [-0.25, -0.2) is 4.39 Å². The van der Waals surface area contributed by atoms with Gasteiger partial charge in [0, 0.05) is 18.5 Å². The summed E-state index contributed by atoms with van der Waals surface area (Å²) < 4.78 is 20.3. The molecule has 0 aromatic heterocycles. The lowest BCUT2D eigenvalue weighted by Gasteiger charge is -2.41. The Morgan fingerprint density at radius 2 is 1.94 bits per heavy atom. The maximum absolute atomic E-state index is 14.2. The summed E-state index contributed by atoms with van der Waals surface area (Å²) in [6.45, 7) is 8.90. The zero-order chi connectivity index (χ0) is 24.5. The summed E-state index contributed by atoms with van der Waals surface area (Å²) in [5.74, 6) is 0.767. The first-order valence-electron chi connectivity index (χ1n) is 12.3. The third-order valence-electron chi connectivity index (χ3n) is 6.62. The average molecular weight is 467 g/mol. The van der Waals surface area contributed by atoms with Crippen molar-refractivity contribution in [1.82, 2.24) is 10.2 Å². The molecule has 6 heteroatoms. The van der Waals surface area contributed by atoms with Gasteiger partial charge >= 0.3 is 0 Å². The molecule has 0 unspecified atom stereocenters. The van der Waals surface area contributed by atoms with Gasteiger partial charge in [-0.1, -0.05) is 45.9 Å². The molecule has 1 saturated carbocycles. The molecule has 2 atom stereocenters. The summed E-state index contributed by atoms with van der Waals surface area (Å²) in [4.78, 5) is 27.9. The molecule has 182 valence electrons. The highest BCUT2D eigenvalue weighted by Gasteiger charge is 2.37. The Balaban J connectivity index is 1.66. The molecule has 0 radical (unpaired) electrons. The van der Waals surface area contributed by atoms with Crippen LogP contribution < -0.4 is 10.1 Å². The summed E-state index contributed by atoms with van der Waals surface area (Å²) in [6.07, 6.45) is 3.03. The lowest BCUT2D eigenvalue weighted by molar-refractivity contribution is -0.141. The number of nitrogens with zero attached hydrogens (tertiary/aromatic N) is 1. The molecule has 1 heterocycles. The Bertz CT molecular complexity index is 1060. The van der Waals surface area contributed by atoms with Crippen LogP contribution in [0.25, 0.3) is 0 Å². The summed E-state index contributed by atoms with van der Waals surface area (Å²) >= 11 is 0. The topological polar surface area (TPSA) is 58.6 Å². The van der Waals surface area contributed by atoms with E-state index in [1.54, 1.807) is 6.07 Å². The van der Waals surface area contributed by atoms with Gasteiger partial charge in [0.05, 0.1) is 6.04 Å². The molecular formula is C28H35FN2O3. The van der Waals surface area contributed by atoms with Crippen LogP contribution >= 0.6 is 0 Å². The number of carbonyl (C=O) groups excluding carboxylic acids is 2. The van der Waals surface area contributed by atoms with Gasteiger partial charge in [0.1, 0.15) is 11.6 Å². The highest BCUT2D eigenvalue weighted by Crippen LogP contribution is 2.39. The van der Waals surface area contributed by atoms with Crippen molar-refractivity contribution in [2.24, 2.45) is 11.3 Å². The van der Waals surface area contributed by atoms with Crippen LogP contribution in [0.1, 0.15) is 69.7 Å². The average Bonchev–Trinajstić information content (AvgIpc) is 3.63. The minimum atomic E-state index is -0.583. The normalized spacial score (nSPS) is 18.7. The second kappa shape index (κ2) is 9.77. The van der Waals surface area contributed by atoms with E-state index in [9.17, 15) is 14.0 Å². The minimum absolute atomic E-state index is 0.0182. The summed E-state index contributed by atoms with van der Waals surface area (Å²) in [6, 6.07) is 11.8. The number of hydrogen-bond donors (Lipinski definition) is 1. The number of benzene rings is 2. The number of nitrogens with one attached hydrogen (secondary N) is 1. The van der Waals surface area contributed by atoms with Crippen LogP contribution in [-0.2, 0) is 16.0 Å². The van der Waals surface area contributed by atoms with E-state index in [1.807, 2.05) is 56.9 Å². The number of ether oxygens (including phenoxy) is 1. The first-order chi connectivity index (χ1) is 16.2. The highest BCUT2D eigenvalue weighted by atomic mass is 19.1. The van der Waals surface area contributed by atoms with E-state index in [1.165, 1.54) is 25.0 Å². The smallest absolute Gasteiger partial charge is 0.261 e. The standard InChI is InChI=1S/C28H35FN2O3/c1-5-24(26(32)30-17-18-9-10-18)34-22-12-11-19-13-14-31(27(33)28(2,3)4)25(23(19)16-22)20-7-6-8-21(29)15-20/h6-8,11-12,15-16,18,24-25H,5,9-10,13-14,17H2,1-4H3,(H,30,32)/t24-,25-/m1/s1. The maximum atomic E-state index is 14.2. The zero-order valence-corrected chi connectivity index (χ0v) is 20.6. The molecule has 1 fully saturated rings. The quantitative estimate of drug-likeness (QED) is 0.623. The molecule has 2 aliphatic rings. The van der Waals surface area contributed by atoms with Gasteiger partial charge in [-0.2, -0.15) is 0 Å². The van der Waals surface area contributed by atoms with Crippen molar-refractivity contribution in [2.45, 2.75) is 65.5 Å². The fourth-order valence-electron chi connectivity index (χ4n) is 4.52. The SMILES string of the molecule is CC[C@@H](Oc1ccc2c(c1)[C@@H](c1cccc(F)c1)N(C(=O)C(C)(C)C)CC2)C(=O)NCC1CC1. The molecule has 1 aliphatic carbocycles. The lowest BCUT2D eigenvalue weighted by atomic mass is 9.85. The van der Waals surface area contributed by atoms with Gasteiger partial charge < -0.3 is 15.0 Å². The number of fused-ring (bicyclic) bond motifs is 1. The number of halogens is 1. The van der Waals surface area contributed by atoms with Crippen molar-refractivity contribution < 1.29 is 18.7 Å². The summed E-state index contributed by atoms with van der Waals surface area (Å²) in [5, 5.41) is 3.00. The van der Waals surface area contributed by atoms with Crippen LogP contribution in [0.5, 0.6) is 5.75 Å². The molecule has 0 saturated heterocycles. The molecule has 0 spiro atoms. The molecule has 0 bridgehead atoms. The van der Waals surface area contributed by atoms with Crippen LogP contribution in [0.4, 0.5) is 4.39 Å². The number of rotatable bonds is 7. The Kier molecular flexibility index (Phi) is 6.96. The van der Waals surface area contributed by atoms with Crippen LogP contribution in [-0.4, -0.2) is 35.9 Å². The zero-order valence-electron chi connectivity index (χ0n) is 20.6. The van der Waals surface area contributed by atoms with E-state index in [-0.39, 0.29) is 17.6 Å². The molecule has 1 N–H and O–H groups in total. The first kappa shape index (κ1) is 24.2. The van der Waals surface area contributed by atoms with Crippen molar-refractivity contribution in [2.75, 3.05) is 13.1 Å². The predicted octanol–water partition coefficient (Wildman–Crippen LogP) is 5.03.